The van der Waals surface area contributed by atoms with Gasteiger partial charge in [-0.2, -0.15) is 0 Å². The number of rotatable bonds is 4. The van der Waals surface area contributed by atoms with Gasteiger partial charge in [0.15, 0.2) is 0 Å². The maximum atomic E-state index is 11.9. The molecular weight excluding hydrogens is 284 g/mol. The maximum Gasteiger partial charge on any atom is 0.410 e. The average Bonchev–Trinajstić information content (AvgIpc) is 3.12. The topological polar surface area (TPSA) is 82.7 Å². The third kappa shape index (κ3) is 3.67. The Bertz CT molecular complexity index is 557. The van der Waals surface area contributed by atoms with Gasteiger partial charge in [-0.25, -0.2) is 9.59 Å². The number of anilines is 1. The predicted molar refractivity (Wildman–Crippen MR) is 81.6 cm³/mol. The fourth-order valence-electron chi connectivity index (χ4n) is 2.67. The SMILES string of the molecule is O=C(Nc1cccc(CN2CCOC2=O)c1)NC1CCNC1. The van der Waals surface area contributed by atoms with E-state index in [1.807, 2.05) is 24.3 Å². The van der Waals surface area contributed by atoms with Crippen molar-refractivity contribution in [2.75, 3.05) is 31.6 Å². The lowest BCUT2D eigenvalue weighted by Crippen LogP contribution is -2.39. The molecule has 2 saturated heterocycles. The summed E-state index contributed by atoms with van der Waals surface area (Å²) in [5.41, 5.74) is 1.67. The molecule has 0 bridgehead atoms. The molecule has 3 N–H and O–H groups in total. The molecule has 7 nitrogen and oxygen atoms in total. The first-order chi connectivity index (χ1) is 10.7. The van der Waals surface area contributed by atoms with Crippen molar-refractivity contribution in [1.29, 1.82) is 0 Å². The molecule has 3 rings (SSSR count). The van der Waals surface area contributed by atoms with Gasteiger partial charge in [0.25, 0.3) is 0 Å². The van der Waals surface area contributed by atoms with Crippen molar-refractivity contribution in [3.8, 4) is 0 Å². The van der Waals surface area contributed by atoms with E-state index < -0.39 is 0 Å². The van der Waals surface area contributed by atoms with Crippen LogP contribution in [0.5, 0.6) is 0 Å². The molecule has 2 aliphatic rings. The van der Waals surface area contributed by atoms with E-state index in [9.17, 15) is 9.59 Å². The number of hydrogen-bond acceptors (Lipinski definition) is 4. The number of cyclic esters (lactones) is 1. The summed E-state index contributed by atoms with van der Waals surface area (Å²) in [6.07, 6.45) is 0.662. The van der Waals surface area contributed by atoms with Crippen molar-refractivity contribution in [3.63, 3.8) is 0 Å². The van der Waals surface area contributed by atoms with Crippen LogP contribution < -0.4 is 16.0 Å². The maximum absolute atomic E-state index is 11.9. The minimum atomic E-state index is -0.287. The molecule has 118 valence electrons. The monoisotopic (exact) mass is 304 g/mol. The van der Waals surface area contributed by atoms with Gasteiger partial charge in [-0.05, 0) is 30.7 Å². The van der Waals surface area contributed by atoms with Gasteiger partial charge in [0.2, 0.25) is 0 Å². The van der Waals surface area contributed by atoms with Crippen LogP contribution in [-0.4, -0.2) is 49.3 Å². The fourth-order valence-corrected chi connectivity index (χ4v) is 2.67. The minimum Gasteiger partial charge on any atom is -0.448 e. The van der Waals surface area contributed by atoms with Gasteiger partial charge in [0.05, 0.1) is 6.54 Å². The number of urea groups is 1. The van der Waals surface area contributed by atoms with Crippen LogP contribution in [0.2, 0.25) is 0 Å². The molecule has 3 amide bonds. The third-order valence-electron chi connectivity index (χ3n) is 3.80. The zero-order valence-electron chi connectivity index (χ0n) is 12.3. The van der Waals surface area contributed by atoms with Crippen molar-refractivity contribution >= 4 is 17.8 Å². The Morgan fingerprint density at radius 2 is 2.36 bits per heavy atom. The minimum absolute atomic E-state index is 0.183. The third-order valence-corrected chi connectivity index (χ3v) is 3.80. The Balaban J connectivity index is 1.56. The second-order valence-electron chi connectivity index (χ2n) is 5.52. The van der Waals surface area contributed by atoms with Gasteiger partial charge in [0.1, 0.15) is 6.61 Å². The van der Waals surface area contributed by atoms with E-state index in [1.54, 1.807) is 4.90 Å². The molecule has 22 heavy (non-hydrogen) atoms. The quantitative estimate of drug-likeness (QED) is 0.778. The Hall–Kier alpha value is -2.28. The predicted octanol–water partition coefficient (Wildman–Crippen LogP) is 1.12. The lowest BCUT2D eigenvalue weighted by atomic mass is 10.2. The van der Waals surface area contributed by atoms with E-state index in [4.69, 9.17) is 4.74 Å². The summed E-state index contributed by atoms with van der Waals surface area (Å²) in [7, 11) is 0. The fraction of sp³-hybridized carbons (Fsp3) is 0.467. The number of carbonyl (C=O) groups is 2. The van der Waals surface area contributed by atoms with E-state index in [0.29, 0.717) is 25.4 Å². The molecule has 1 aromatic rings. The molecule has 1 atom stereocenters. The number of hydrogen-bond donors (Lipinski definition) is 3. The molecule has 1 unspecified atom stereocenters. The summed E-state index contributed by atoms with van der Waals surface area (Å²) in [6.45, 7) is 3.28. The van der Waals surface area contributed by atoms with Crippen molar-refractivity contribution in [2.45, 2.75) is 19.0 Å². The standard InChI is InChI=1S/C15H20N4O3/c20-14(18-13-4-5-16-9-13)17-12-3-1-2-11(8-12)10-19-6-7-22-15(19)21/h1-3,8,13,16H,4-7,9-10H2,(H2,17,18,20). The largest absolute Gasteiger partial charge is 0.448 e. The normalized spacial score (nSPS) is 20.8. The molecular formula is C15H20N4O3. The Morgan fingerprint density at radius 1 is 1.45 bits per heavy atom. The van der Waals surface area contributed by atoms with Crippen molar-refractivity contribution in [1.82, 2.24) is 15.5 Å². The second-order valence-corrected chi connectivity index (χ2v) is 5.52. The van der Waals surface area contributed by atoms with Gasteiger partial charge in [-0.15, -0.1) is 0 Å². The van der Waals surface area contributed by atoms with Crippen LogP contribution in [0.3, 0.4) is 0 Å². The summed E-state index contributed by atoms with van der Waals surface area (Å²) < 4.78 is 4.91. The van der Waals surface area contributed by atoms with Crippen molar-refractivity contribution in [3.05, 3.63) is 29.8 Å². The smallest absolute Gasteiger partial charge is 0.410 e. The first kappa shape index (κ1) is 14.6. The highest BCUT2D eigenvalue weighted by Gasteiger charge is 2.22. The molecule has 2 fully saturated rings. The molecule has 0 spiro atoms. The number of nitrogens with zero attached hydrogens (tertiary/aromatic N) is 1. The Labute approximate surface area is 129 Å². The summed E-state index contributed by atoms with van der Waals surface area (Å²) >= 11 is 0. The average molecular weight is 304 g/mol. The van der Waals surface area contributed by atoms with E-state index in [1.165, 1.54) is 0 Å². The molecule has 1 aromatic carbocycles. The molecule has 7 heteroatoms. The first-order valence-corrected chi connectivity index (χ1v) is 7.49. The summed E-state index contributed by atoms with van der Waals surface area (Å²) in [5, 5.41) is 8.97. The van der Waals surface area contributed by atoms with Gasteiger partial charge >= 0.3 is 12.1 Å². The van der Waals surface area contributed by atoms with Gasteiger partial charge in [-0.3, -0.25) is 0 Å². The van der Waals surface area contributed by atoms with Gasteiger partial charge < -0.3 is 25.6 Å². The number of nitrogens with one attached hydrogen (secondary N) is 3. The Kier molecular flexibility index (Phi) is 4.43. The van der Waals surface area contributed by atoms with E-state index in [0.717, 1.165) is 25.1 Å². The highest BCUT2D eigenvalue weighted by molar-refractivity contribution is 5.89. The lowest BCUT2D eigenvalue weighted by Gasteiger charge is -2.15. The van der Waals surface area contributed by atoms with Crippen LogP contribution in [0.25, 0.3) is 0 Å². The second kappa shape index (κ2) is 6.65. The summed E-state index contributed by atoms with van der Waals surface area (Å²) in [6, 6.07) is 7.48. The zero-order chi connectivity index (χ0) is 15.4. The van der Waals surface area contributed by atoms with E-state index >= 15 is 0 Å². The summed E-state index contributed by atoms with van der Waals surface area (Å²) in [4.78, 5) is 25.0. The van der Waals surface area contributed by atoms with Crippen LogP contribution in [0.4, 0.5) is 15.3 Å². The Morgan fingerprint density at radius 3 is 3.09 bits per heavy atom. The van der Waals surface area contributed by atoms with E-state index in [2.05, 4.69) is 16.0 Å². The van der Waals surface area contributed by atoms with Gasteiger partial charge in [0, 0.05) is 24.8 Å². The van der Waals surface area contributed by atoms with Crippen LogP contribution in [0.15, 0.2) is 24.3 Å². The molecule has 0 radical (unpaired) electrons. The molecule has 0 aromatic heterocycles. The molecule has 0 saturated carbocycles. The highest BCUT2D eigenvalue weighted by Crippen LogP contribution is 2.15. The number of carbonyl (C=O) groups excluding carboxylic acids is 2. The lowest BCUT2D eigenvalue weighted by molar-refractivity contribution is 0.157. The molecule has 0 aliphatic carbocycles. The zero-order valence-corrected chi connectivity index (χ0v) is 12.3. The van der Waals surface area contributed by atoms with Crippen LogP contribution in [0.1, 0.15) is 12.0 Å². The highest BCUT2D eigenvalue weighted by atomic mass is 16.6. The molecule has 2 heterocycles. The van der Waals surface area contributed by atoms with Gasteiger partial charge in [-0.1, -0.05) is 12.1 Å². The summed E-state index contributed by atoms with van der Waals surface area (Å²) in [5.74, 6) is 0. The van der Waals surface area contributed by atoms with E-state index in [-0.39, 0.29) is 18.2 Å². The first-order valence-electron chi connectivity index (χ1n) is 7.49. The molecule has 2 aliphatic heterocycles. The number of ether oxygens (including phenoxy) is 1. The number of amides is 3. The van der Waals surface area contributed by atoms with Crippen molar-refractivity contribution in [2.24, 2.45) is 0 Å². The van der Waals surface area contributed by atoms with Crippen LogP contribution >= 0.6 is 0 Å². The van der Waals surface area contributed by atoms with Crippen LogP contribution in [0, 0.1) is 0 Å². The number of benzene rings is 1. The van der Waals surface area contributed by atoms with Crippen LogP contribution in [-0.2, 0) is 11.3 Å². The van der Waals surface area contributed by atoms with Crippen molar-refractivity contribution < 1.29 is 14.3 Å².